The molecular weight excluding hydrogens is 256 g/mol. The quantitative estimate of drug-likeness (QED) is 0.800. The van der Waals surface area contributed by atoms with Crippen molar-refractivity contribution in [3.8, 4) is 0 Å². The average Bonchev–Trinajstić information content (AvgIpc) is 2.62. The lowest BCUT2D eigenvalue weighted by atomic mass is 10.0. The minimum absolute atomic E-state index is 0.0591. The monoisotopic (exact) mass is 278 g/mol. The highest BCUT2D eigenvalue weighted by atomic mass is 16.3. The summed E-state index contributed by atoms with van der Waals surface area (Å²) in [4.78, 5) is 17.8. The van der Waals surface area contributed by atoms with E-state index in [1.165, 1.54) is 0 Å². The molecule has 2 N–H and O–H groups in total. The third-order valence-electron chi connectivity index (χ3n) is 4.01. The van der Waals surface area contributed by atoms with Crippen LogP contribution in [0.3, 0.4) is 0 Å². The lowest BCUT2D eigenvalue weighted by molar-refractivity contribution is -0.135. The molecule has 0 aromatic carbocycles. The fourth-order valence-electron chi connectivity index (χ4n) is 2.71. The Labute approximate surface area is 119 Å². The van der Waals surface area contributed by atoms with E-state index in [1.54, 1.807) is 30.4 Å². The van der Waals surface area contributed by atoms with Crippen molar-refractivity contribution in [1.82, 2.24) is 9.88 Å². The first-order valence-electron chi connectivity index (χ1n) is 7.10. The zero-order valence-electron chi connectivity index (χ0n) is 11.8. The summed E-state index contributed by atoms with van der Waals surface area (Å²) in [5, 5.41) is 20.0. The predicted octanol–water partition coefficient (Wildman–Crippen LogP) is 0.747. The molecule has 0 unspecified atom stereocenters. The van der Waals surface area contributed by atoms with Gasteiger partial charge in [0.05, 0.1) is 18.6 Å². The third kappa shape index (κ3) is 3.55. The Kier molecular flexibility index (Phi) is 5.09. The second-order valence-corrected chi connectivity index (χ2v) is 5.45. The molecule has 2 rings (SSSR count). The summed E-state index contributed by atoms with van der Waals surface area (Å²) < 4.78 is 0. The van der Waals surface area contributed by atoms with Gasteiger partial charge in [-0.15, -0.1) is 0 Å². The Bertz CT molecular complexity index is 438. The Morgan fingerprint density at radius 1 is 1.40 bits per heavy atom. The molecule has 1 aromatic rings. The van der Waals surface area contributed by atoms with Gasteiger partial charge in [-0.25, -0.2) is 0 Å². The number of hydrogen-bond acceptors (Lipinski definition) is 4. The number of nitrogens with zero attached hydrogens (tertiary/aromatic N) is 2. The van der Waals surface area contributed by atoms with E-state index in [2.05, 4.69) is 4.98 Å². The van der Waals surface area contributed by atoms with E-state index in [-0.39, 0.29) is 18.4 Å². The number of pyridine rings is 1. The van der Waals surface area contributed by atoms with Crippen molar-refractivity contribution in [1.29, 1.82) is 0 Å². The summed E-state index contributed by atoms with van der Waals surface area (Å²) in [7, 11) is 1.70. The van der Waals surface area contributed by atoms with Crippen LogP contribution in [0, 0.1) is 0 Å². The molecule has 5 heteroatoms. The third-order valence-corrected chi connectivity index (χ3v) is 4.01. The average molecular weight is 278 g/mol. The Hall–Kier alpha value is -1.46. The standard InChI is InChI=1S/C15H22N2O3/c1-17(12-6-2-3-7-13(18)15(12)20)14(19)9-11-5-4-8-16-10-11/h4-5,8,10,12-13,15,18,20H,2-3,6-7,9H2,1H3/t12-,13-,15-/m1/s1. The summed E-state index contributed by atoms with van der Waals surface area (Å²) in [5.74, 6) is -0.0591. The molecule has 20 heavy (non-hydrogen) atoms. The van der Waals surface area contributed by atoms with Crippen molar-refractivity contribution < 1.29 is 15.0 Å². The molecule has 0 bridgehead atoms. The number of hydrogen-bond donors (Lipinski definition) is 2. The van der Waals surface area contributed by atoms with Crippen LogP contribution in [0.2, 0.25) is 0 Å². The smallest absolute Gasteiger partial charge is 0.227 e. The minimum atomic E-state index is -0.861. The van der Waals surface area contributed by atoms with Gasteiger partial charge in [0, 0.05) is 19.4 Å². The van der Waals surface area contributed by atoms with Crippen LogP contribution in [0.1, 0.15) is 31.2 Å². The van der Waals surface area contributed by atoms with Crippen molar-refractivity contribution in [3.63, 3.8) is 0 Å². The molecule has 0 radical (unpaired) electrons. The highest BCUT2D eigenvalue weighted by Crippen LogP contribution is 2.22. The zero-order valence-corrected chi connectivity index (χ0v) is 11.8. The van der Waals surface area contributed by atoms with Crippen molar-refractivity contribution in [2.24, 2.45) is 0 Å². The minimum Gasteiger partial charge on any atom is -0.390 e. The van der Waals surface area contributed by atoms with Gasteiger partial charge in [-0.1, -0.05) is 18.9 Å². The Balaban J connectivity index is 2.01. The van der Waals surface area contributed by atoms with E-state index < -0.39 is 12.2 Å². The summed E-state index contributed by atoms with van der Waals surface area (Å²) in [6.07, 6.45) is 5.14. The molecule has 0 spiro atoms. The van der Waals surface area contributed by atoms with Crippen molar-refractivity contribution in [3.05, 3.63) is 30.1 Å². The first-order chi connectivity index (χ1) is 9.59. The van der Waals surface area contributed by atoms with Crippen molar-refractivity contribution in [2.45, 2.75) is 50.4 Å². The van der Waals surface area contributed by atoms with E-state index in [4.69, 9.17) is 0 Å². The first kappa shape index (κ1) is 14.9. The SMILES string of the molecule is CN(C(=O)Cc1cccnc1)[C@@H]1CCCC[C@@H](O)[C@@H]1O. The van der Waals surface area contributed by atoms with E-state index in [0.717, 1.165) is 24.8 Å². The fourth-order valence-corrected chi connectivity index (χ4v) is 2.71. The molecule has 1 aliphatic rings. The Morgan fingerprint density at radius 3 is 2.85 bits per heavy atom. The van der Waals surface area contributed by atoms with Gasteiger partial charge < -0.3 is 15.1 Å². The van der Waals surface area contributed by atoms with Gasteiger partial charge in [-0.05, 0) is 24.5 Å². The molecule has 1 fully saturated rings. The molecule has 1 amide bonds. The van der Waals surface area contributed by atoms with Gasteiger partial charge in [0.2, 0.25) is 5.91 Å². The van der Waals surface area contributed by atoms with Gasteiger partial charge in [-0.2, -0.15) is 0 Å². The van der Waals surface area contributed by atoms with Gasteiger partial charge in [-0.3, -0.25) is 9.78 Å². The van der Waals surface area contributed by atoms with Crippen LogP contribution in [0.15, 0.2) is 24.5 Å². The first-order valence-corrected chi connectivity index (χ1v) is 7.10. The van der Waals surface area contributed by atoms with Crippen LogP contribution < -0.4 is 0 Å². The summed E-state index contributed by atoms with van der Waals surface area (Å²) >= 11 is 0. The van der Waals surface area contributed by atoms with E-state index in [9.17, 15) is 15.0 Å². The number of carbonyl (C=O) groups excluding carboxylic acids is 1. The lowest BCUT2D eigenvalue weighted by Crippen LogP contribution is -2.48. The van der Waals surface area contributed by atoms with Crippen LogP contribution in [0.5, 0.6) is 0 Å². The number of aliphatic hydroxyl groups is 2. The molecule has 0 saturated heterocycles. The normalized spacial score (nSPS) is 26.9. The lowest BCUT2D eigenvalue weighted by Gasteiger charge is -2.32. The van der Waals surface area contributed by atoms with Gasteiger partial charge in [0.25, 0.3) is 0 Å². The largest absolute Gasteiger partial charge is 0.390 e. The highest BCUT2D eigenvalue weighted by molar-refractivity contribution is 5.78. The molecule has 0 aliphatic heterocycles. The maximum absolute atomic E-state index is 12.3. The van der Waals surface area contributed by atoms with E-state index in [0.29, 0.717) is 6.42 Å². The maximum atomic E-state index is 12.3. The van der Waals surface area contributed by atoms with Crippen molar-refractivity contribution >= 4 is 5.91 Å². The number of rotatable bonds is 3. The van der Waals surface area contributed by atoms with Crippen LogP contribution in [0.4, 0.5) is 0 Å². The maximum Gasteiger partial charge on any atom is 0.227 e. The molecule has 3 atom stereocenters. The number of amides is 1. The molecule has 1 aliphatic carbocycles. The van der Waals surface area contributed by atoms with Crippen LogP contribution in [-0.4, -0.2) is 51.3 Å². The number of aliphatic hydroxyl groups excluding tert-OH is 2. The van der Waals surface area contributed by atoms with E-state index in [1.807, 2.05) is 6.07 Å². The molecule has 5 nitrogen and oxygen atoms in total. The van der Waals surface area contributed by atoms with Gasteiger partial charge >= 0.3 is 0 Å². The molecule has 1 saturated carbocycles. The van der Waals surface area contributed by atoms with Gasteiger partial charge in [0.1, 0.15) is 6.10 Å². The van der Waals surface area contributed by atoms with Gasteiger partial charge in [0.15, 0.2) is 0 Å². The molecule has 1 heterocycles. The molecule has 110 valence electrons. The number of aromatic nitrogens is 1. The second-order valence-electron chi connectivity index (χ2n) is 5.45. The second kappa shape index (κ2) is 6.81. The summed E-state index contributed by atoms with van der Waals surface area (Å²) in [5.41, 5.74) is 0.855. The van der Waals surface area contributed by atoms with Crippen LogP contribution >= 0.6 is 0 Å². The fraction of sp³-hybridized carbons (Fsp3) is 0.600. The van der Waals surface area contributed by atoms with E-state index >= 15 is 0 Å². The number of carbonyl (C=O) groups is 1. The zero-order chi connectivity index (χ0) is 14.5. The molecular formula is C15H22N2O3. The molecule has 1 aromatic heterocycles. The highest BCUT2D eigenvalue weighted by Gasteiger charge is 2.33. The topological polar surface area (TPSA) is 73.7 Å². The predicted molar refractivity (Wildman–Crippen MR) is 75.0 cm³/mol. The van der Waals surface area contributed by atoms with Crippen molar-refractivity contribution in [2.75, 3.05) is 7.05 Å². The van der Waals surface area contributed by atoms with Crippen LogP contribution in [-0.2, 0) is 11.2 Å². The number of likely N-dealkylation sites (N-methyl/N-ethyl adjacent to an activating group) is 1. The summed E-state index contributed by atoms with van der Waals surface area (Å²) in [6.45, 7) is 0. The Morgan fingerprint density at radius 2 is 2.15 bits per heavy atom. The summed E-state index contributed by atoms with van der Waals surface area (Å²) in [6, 6.07) is 3.35. The van der Waals surface area contributed by atoms with Crippen LogP contribution in [0.25, 0.3) is 0 Å².